The summed E-state index contributed by atoms with van der Waals surface area (Å²) in [6.07, 6.45) is 4.00. The van der Waals surface area contributed by atoms with E-state index in [1.54, 1.807) is 0 Å². The quantitative estimate of drug-likeness (QED) is 0.657. The van der Waals surface area contributed by atoms with Gasteiger partial charge < -0.3 is 10.5 Å². The van der Waals surface area contributed by atoms with Crippen molar-refractivity contribution in [3.63, 3.8) is 0 Å². The summed E-state index contributed by atoms with van der Waals surface area (Å²) in [7, 11) is 0. The van der Waals surface area contributed by atoms with Gasteiger partial charge in [-0.2, -0.15) is 0 Å². The van der Waals surface area contributed by atoms with Crippen LogP contribution in [0, 0.1) is 5.92 Å². The van der Waals surface area contributed by atoms with Crippen molar-refractivity contribution in [3.05, 3.63) is 0 Å². The fraction of sp³-hybridized carbons (Fsp3) is 1.00. The lowest BCUT2D eigenvalue weighted by Crippen LogP contribution is -2.37. The number of hydrogen-bond donors (Lipinski definition) is 1. The van der Waals surface area contributed by atoms with Gasteiger partial charge >= 0.3 is 0 Å². The van der Waals surface area contributed by atoms with Crippen molar-refractivity contribution >= 4 is 0 Å². The summed E-state index contributed by atoms with van der Waals surface area (Å²) in [5.41, 5.74) is 5.92. The first kappa shape index (κ1) is 9.01. The van der Waals surface area contributed by atoms with Gasteiger partial charge in [0.15, 0.2) is 0 Å². The predicted molar refractivity (Wildman–Crippen MR) is 46.4 cm³/mol. The molecule has 0 bridgehead atoms. The van der Waals surface area contributed by atoms with Gasteiger partial charge in [0.25, 0.3) is 0 Å². The van der Waals surface area contributed by atoms with E-state index in [1.165, 1.54) is 12.8 Å². The van der Waals surface area contributed by atoms with Gasteiger partial charge in [-0.3, -0.25) is 0 Å². The molecule has 0 saturated heterocycles. The highest BCUT2D eigenvalue weighted by Gasteiger charge is 2.34. The molecule has 1 rings (SSSR count). The molecular formula is C9H19NO. The molecule has 1 aliphatic rings. The van der Waals surface area contributed by atoms with Crippen LogP contribution in [0.4, 0.5) is 0 Å². The van der Waals surface area contributed by atoms with Crippen LogP contribution >= 0.6 is 0 Å². The lowest BCUT2D eigenvalue weighted by atomic mass is 10.1. The van der Waals surface area contributed by atoms with Gasteiger partial charge in [0.2, 0.25) is 0 Å². The molecule has 2 atom stereocenters. The van der Waals surface area contributed by atoms with Gasteiger partial charge in [0.1, 0.15) is 0 Å². The van der Waals surface area contributed by atoms with E-state index in [1.807, 2.05) is 6.92 Å². The summed E-state index contributed by atoms with van der Waals surface area (Å²) in [5.74, 6) is 0.768. The molecule has 2 N–H and O–H groups in total. The molecule has 1 unspecified atom stereocenters. The third-order valence-corrected chi connectivity index (χ3v) is 2.34. The second-order valence-corrected chi connectivity index (χ2v) is 3.33. The molecule has 1 aliphatic carbocycles. The highest BCUT2D eigenvalue weighted by Crippen LogP contribution is 2.35. The van der Waals surface area contributed by atoms with Crippen molar-refractivity contribution in [3.8, 4) is 0 Å². The van der Waals surface area contributed by atoms with E-state index in [0.717, 1.165) is 18.9 Å². The van der Waals surface area contributed by atoms with E-state index in [-0.39, 0.29) is 6.04 Å². The maximum Gasteiger partial charge on any atom is 0.0753 e. The molecule has 66 valence electrons. The van der Waals surface area contributed by atoms with Crippen LogP contribution in [0.25, 0.3) is 0 Å². The van der Waals surface area contributed by atoms with Crippen LogP contribution in [-0.4, -0.2) is 18.8 Å². The average molecular weight is 157 g/mol. The zero-order chi connectivity index (χ0) is 8.27. The van der Waals surface area contributed by atoms with Crippen LogP contribution in [-0.2, 0) is 4.74 Å². The monoisotopic (exact) mass is 157 g/mol. The van der Waals surface area contributed by atoms with E-state index < -0.39 is 0 Å². The Kier molecular flexibility index (Phi) is 3.34. The molecule has 2 heteroatoms. The lowest BCUT2D eigenvalue weighted by molar-refractivity contribution is 0.0279. The Hall–Kier alpha value is -0.0800. The molecule has 1 saturated carbocycles. The molecule has 0 heterocycles. The molecule has 11 heavy (non-hydrogen) atoms. The molecular weight excluding hydrogens is 138 g/mol. The van der Waals surface area contributed by atoms with Gasteiger partial charge in [-0.25, -0.2) is 0 Å². The highest BCUT2D eigenvalue weighted by molar-refractivity contribution is 4.88. The number of hydrogen-bond acceptors (Lipinski definition) is 2. The van der Waals surface area contributed by atoms with Crippen LogP contribution in [0.15, 0.2) is 0 Å². The fourth-order valence-corrected chi connectivity index (χ4v) is 1.46. The predicted octanol–water partition coefficient (Wildman–Crippen LogP) is 1.54. The molecule has 0 aliphatic heterocycles. The Morgan fingerprint density at radius 1 is 1.45 bits per heavy atom. The van der Waals surface area contributed by atoms with Gasteiger partial charge in [-0.15, -0.1) is 0 Å². The Labute approximate surface area is 69.1 Å². The third-order valence-electron chi connectivity index (χ3n) is 2.34. The SMILES string of the molecule is CCOC(C1CC1)[C@H](N)CC. The first-order chi connectivity index (χ1) is 5.29. The third kappa shape index (κ3) is 2.46. The van der Waals surface area contributed by atoms with Crippen molar-refractivity contribution in [2.75, 3.05) is 6.61 Å². The molecule has 1 fully saturated rings. The Bertz CT molecular complexity index is 112. The first-order valence-electron chi connectivity index (χ1n) is 4.66. The minimum Gasteiger partial charge on any atom is -0.377 e. The molecule has 0 amide bonds. The summed E-state index contributed by atoms with van der Waals surface area (Å²) in [6.45, 7) is 4.96. The van der Waals surface area contributed by atoms with E-state index >= 15 is 0 Å². The molecule has 2 nitrogen and oxygen atoms in total. The second kappa shape index (κ2) is 4.07. The zero-order valence-electron chi connectivity index (χ0n) is 7.55. The van der Waals surface area contributed by atoms with Crippen molar-refractivity contribution < 1.29 is 4.74 Å². The molecule has 0 aromatic carbocycles. The Balaban J connectivity index is 2.30. The zero-order valence-corrected chi connectivity index (χ0v) is 7.55. The minimum atomic E-state index is 0.252. The summed E-state index contributed by atoms with van der Waals surface area (Å²) in [5, 5.41) is 0. The Morgan fingerprint density at radius 2 is 2.09 bits per heavy atom. The van der Waals surface area contributed by atoms with Crippen molar-refractivity contribution in [2.24, 2.45) is 11.7 Å². The molecule has 0 aromatic rings. The summed E-state index contributed by atoms with van der Waals surface area (Å²) in [6, 6.07) is 0.252. The van der Waals surface area contributed by atoms with Crippen LogP contribution in [0.3, 0.4) is 0 Å². The van der Waals surface area contributed by atoms with Crippen LogP contribution < -0.4 is 5.73 Å². The second-order valence-electron chi connectivity index (χ2n) is 3.33. The van der Waals surface area contributed by atoms with Gasteiger partial charge in [-0.1, -0.05) is 6.92 Å². The summed E-state index contributed by atoms with van der Waals surface area (Å²) < 4.78 is 5.59. The van der Waals surface area contributed by atoms with Gasteiger partial charge in [-0.05, 0) is 32.1 Å². The lowest BCUT2D eigenvalue weighted by Gasteiger charge is -2.22. The number of nitrogens with two attached hydrogens (primary N) is 1. The van der Waals surface area contributed by atoms with E-state index in [4.69, 9.17) is 10.5 Å². The van der Waals surface area contributed by atoms with Crippen LogP contribution in [0.1, 0.15) is 33.1 Å². The molecule has 0 aromatic heterocycles. The van der Waals surface area contributed by atoms with Gasteiger partial charge in [0, 0.05) is 12.6 Å². The maximum absolute atomic E-state index is 5.92. The number of rotatable bonds is 5. The standard InChI is InChI=1S/C9H19NO/c1-3-8(10)9(11-4-2)7-5-6-7/h7-9H,3-6,10H2,1-2H3/t8-,9?/m1/s1. The summed E-state index contributed by atoms with van der Waals surface area (Å²) in [4.78, 5) is 0. The Morgan fingerprint density at radius 3 is 2.45 bits per heavy atom. The fourth-order valence-electron chi connectivity index (χ4n) is 1.46. The van der Waals surface area contributed by atoms with Gasteiger partial charge in [0.05, 0.1) is 6.10 Å². The van der Waals surface area contributed by atoms with E-state index in [9.17, 15) is 0 Å². The van der Waals surface area contributed by atoms with Crippen molar-refractivity contribution in [1.82, 2.24) is 0 Å². The molecule has 0 spiro atoms. The smallest absolute Gasteiger partial charge is 0.0753 e. The first-order valence-corrected chi connectivity index (χ1v) is 4.66. The highest BCUT2D eigenvalue weighted by atomic mass is 16.5. The largest absolute Gasteiger partial charge is 0.377 e. The number of ether oxygens (including phenoxy) is 1. The minimum absolute atomic E-state index is 0.252. The average Bonchev–Trinajstić information content (AvgIpc) is 2.81. The van der Waals surface area contributed by atoms with Crippen molar-refractivity contribution in [1.29, 1.82) is 0 Å². The topological polar surface area (TPSA) is 35.2 Å². The maximum atomic E-state index is 5.92. The van der Waals surface area contributed by atoms with E-state index in [0.29, 0.717) is 6.10 Å². The van der Waals surface area contributed by atoms with Crippen LogP contribution in [0.5, 0.6) is 0 Å². The van der Waals surface area contributed by atoms with Crippen LogP contribution in [0.2, 0.25) is 0 Å². The molecule has 0 radical (unpaired) electrons. The normalized spacial score (nSPS) is 23.2. The van der Waals surface area contributed by atoms with Crippen molar-refractivity contribution in [2.45, 2.75) is 45.3 Å². The summed E-state index contributed by atoms with van der Waals surface area (Å²) >= 11 is 0. The van der Waals surface area contributed by atoms with E-state index in [2.05, 4.69) is 6.92 Å².